The summed E-state index contributed by atoms with van der Waals surface area (Å²) in [5.41, 5.74) is 0.640. The van der Waals surface area contributed by atoms with Gasteiger partial charge in [0.15, 0.2) is 10.8 Å². The number of hydrogen-bond acceptors (Lipinski definition) is 5. The van der Waals surface area contributed by atoms with Crippen molar-refractivity contribution in [1.29, 1.82) is 0 Å². The van der Waals surface area contributed by atoms with E-state index in [1.165, 1.54) is 18.4 Å². The van der Waals surface area contributed by atoms with Gasteiger partial charge in [-0.1, -0.05) is 25.6 Å². The van der Waals surface area contributed by atoms with Crippen LogP contribution in [-0.2, 0) is 10.0 Å². The Morgan fingerprint density at radius 1 is 1.26 bits per heavy atom. The average molecular weight is 300 g/mol. The summed E-state index contributed by atoms with van der Waals surface area (Å²) in [6.45, 7) is 4.10. The molecule has 0 radical (unpaired) electrons. The fraction of sp³-hybridized carbons (Fsp3) is 0.455. The van der Waals surface area contributed by atoms with E-state index in [9.17, 15) is 8.42 Å². The van der Waals surface area contributed by atoms with Gasteiger partial charge in [0.2, 0.25) is 10.0 Å². The van der Waals surface area contributed by atoms with Crippen molar-refractivity contribution in [2.75, 3.05) is 14.1 Å². The molecular weight excluding hydrogens is 284 g/mol. The molecule has 2 aromatic rings. The Kier molecular flexibility index (Phi) is 3.84. The Labute approximate surface area is 116 Å². The average Bonchev–Trinajstić information content (AvgIpc) is 2.71. The molecule has 0 aliphatic rings. The molecule has 19 heavy (non-hydrogen) atoms. The standard InChI is InChI=1S/C11H16N4O2S2/c1-8(2)18-11-13-12-10-6-5-9(7-15(10)11)19(16,17)14(3)4/h5-8H,1-4H3. The summed E-state index contributed by atoms with van der Waals surface area (Å²) >= 11 is 1.54. The van der Waals surface area contributed by atoms with Crippen LogP contribution in [0.25, 0.3) is 5.65 Å². The SMILES string of the molecule is CC(C)Sc1nnc2ccc(S(=O)(=O)N(C)C)cn12. The quantitative estimate of drug-likeness (QED) is 0.800. The molecule has 104 valence electrons. The van der Waals surface area contributed by atoms with E-state index in [4.69, 9.17) is 0 Å². The monoisotopic (exact) mass is 300 g/mol. The maximum Gasteiger partial charge on any atom is 0.244 e. The molecule has 0 aromatic carbocycles. The molecule has 0 N–H and O–H groups in total. The highest BCUT2D eigenvalue weighted by Gasteiger charge is 2.19. The van der Waals surface area contributed by atoms with E-state index >= 15 is 0 Å². The number of pyridine rings is 1. The molecule has 0 aliphatic heterocycles. The summed E-state index contributed by atoms with van der Waals surface area (Å²) in [5.74, 6) is 0. The van der Waals surface area contributed by atoms with Gasteiger partial charge in [0, 0.05) is 25.5 Å². The highest BCUT2D eigenvalue weighted by atomic mass is 32.2. The van der Waals surface area contributed by atoms with Gasteiger partial charge < -0.3 is 0 Å². The minimum Gasteiger partial charge on any atom is -0.276 e. The summed E-state index contributed by atoms with van der Waals surface area (Å²) in [6.07, 6.45) is 1.56. The Morgan fingerprint density at radius 2 is 1.95 bits per heavy atom. The number of thioether (sulfide) groups is 1. The maximum absolute atomic E-state index is 12.1. The predicted molar refractivity (Wildman–Crippen MR) is 74.9 cm³/mol. The third-order valence-electron chi connectivity index (χ3n) is 2.46. The molecule has 0 atom stereocenters. The van der Waals surface area contributed by atoms with Crippen molar-refractivity contribution in [3.8, 4) is 0 Å². The second-order valence-corrected chi connectivity index (χ2v) is 8.23. The van der Waals surface area contributed by atoms with E-state index < -0.39 is 10.0 Å². The second-order valence-electron chi connectivity index (χ2n) is 4.53. The maximum atomic E-state index is 12.1. The lowest BCUT2D eigenvalue weighted by Crippen LogP contribution is -2.22. The van der Waals surface area contributed by atoms with Crippen molar-refractivity contribution >= 4 is 27.4 Å². The van der Waals surface area contributed by atoms with E-state index in [0.717, 1.165) is 0 Å². The van der Waals surface area contributed by atoms with Crippen molar-refractivity contribution in [2.45, 2.75) is 29.1 Å². The molecule has 0 bridgehead atoms. The van der Waals surface area contributed by atoms with E-state index in [1.807, 2.05) is 13.8 Å². The molecule has 0 fully saturated rings. The van der Waals surface area contributed by atoms with Gasteiger partial charge >= 0.3 is 0 Å². The molecule has 0 saturated carbocycles. The molecular formula is C11H16N4O2S2. The predicted octanol–water partition coefficient (Wildman–Crippen LogP) is 1.48. The largest absolute Gasteiger partial charge is 0.276 e. The van der Waals surface area contributed by atoms with E-state index in [2.05, 4.69) is 10.2 Å². The normalized spacial score (nSPS) is 12.7. The number of fused-ring (bicyclic) bond motifs is 1. The molecule has 2 rings (SSSR count). The van der Waals surface area contributed by atoms with Crippen LogP contribution in [0.15, 0.2) is 28.4 Å². The van der Waals surface area contributed by atoms with Gasteiger partial charge in [0.05, 0.1) is 4.90 Å². The van der Waals surface area contributed by atoms with Crippen molar-refractivity contribution in [1.82, 2.24) is 18.9 Å². The summed E-state index contributed by atoms with van der Waals surface area (Å²) in [4.78, 5) is 0.232. The van der Waals surface area contributed by atoms with Gasteiger partial charge in [-0.3, -0.25) is 4.40 Å². The van der Waals surface area contributed by atoms with E-state index in [1.54, 1.807) is 34.5 Å². The second kappa shape index (κ2) is 5.10. The number of sulfonamides is 1. The molecule has 0 unspecified atom stereocenters. The van der Waals surface area contributed by atoms with E-state index in [0.29, 0.717) is 16.1 Å². The summed E-state index contributed by atoms with van der Waals surface area (Å²) in [6, 6.07) is 3.21. The fourth-order valence-electron chi connectivity index (χ4n) is 1.50. The topological polar surface area (TPSA) is 67.6 Å². The van der Waals surface area contributed by atoms with Crippen LogP contribution < -0.4 is 0 Å². The van der Waals surface area contributed by atoms with Gasteiger partial charge in [-0.15, -0.1) is 10.2 Å². The van der Waals surface area contributed by atoms with Crippen molar-refractivity contribution in [2.24, 2.45) is 0 Å². The van der Waals surface area contributed by atoms with Crippen LogP contribution in [0.4, 0.5) is 0 Å². The van der Waals surface area contributed by atoms with Crippen LogP contribution >= 0.6 is 11.8 Å². The third kappa shape index (κ3) is 2.75. The fourth-order valence-corrected chi connectivity index (χ4v) is 3.17. The smallest absolute Gasteiger partial charge is 0.244 e. The van der Waals surface area contributed by atoms with Crippen LogP contribution in [0, 0.1) is 0 Å². The van der Waals surface area contributed by atoms with Crippen LogP contribution in [0.3, 0.4) is 0 Å². The molecule has 6 nitrogen and oxygen atoms in total. The zero-order valence-corrected chi connectivity index (χ0v) is 12.9. The highest BCUT2D eigenvalue weighted by Crippen LogP contribution is 2.23. The van der Waals surface area contributed by atoms with Gasteiger partial charge in [-0.25, -0.2) is 12.7 Å². The number of rotatable bonds is 4. The van der Waals surface area contributed by atoms with E-state index in [-0.39, 0.29) is 4.90 Å². The molecule has 0 amide bonds. The molecule has 2 aromatic heterocycles. The molecule has 0 aliphatic carbocycles. The molecule has 0 spiro atoms. The summed E-state index contributed by atoms with van der Waals surface area (Å²) in [7, 11) is -0.425. The number of aromatic nitrogens is 3. The van der Waals surface area contributed by atoms with Crippen LogP contribution in [0.2, 0.25) is 0 Å². The van der Waals surface area contributed by atoms with Crippen molar-refractivity contribution in [3.63, 3.8) is 0 Å². The first-order valence-electron chi connectivity index (χ1n) is 5.76. The van der Waals surface area contributed by atoms with Crippen molar-refractivity contribution in [3.05, 3.63) is 18.3 Å². The van der Waals surface area contributed by atoms with Gasteiger partial charge in [-0.2, -0.15) is 0 Å². The minimum atomic E-state index is -3.44. The van der Waals surface area contributed by atoms with Crippen LogP contribution in [0.1, 0.15) is 13.8 Å². The first-order chi connectivity index (χ1) is 8.82. The summed E-state index contributed by atoms with van der Waals surface area (Å²) in [5, 5.41) is 9.14. The number of hydrogen-bond donors (Lipinski definition) is 0. The van der Waals surface area contributed by atoms with Gasteiger partial charge in [-0.05, 0) is 12.1 Å². The van der Waals surface area contributed by atoms with Crippen LogP contribution in [-0.4, -0.2) is 46.7 Å². The number of nitrogens with zero attached hydrogens (tertiary/aromatic N) is 4. The Balaban J connectivity index is 2.56. The van der Waals surface area contributed by atoms with Gasteiger partial charge in [0.25, 0.3) is 0 Å². The molecule has 0 saturated heterocycles. The minimum absolute atomic E-state index is 0.232. The summed E-state index contributed by atoms with van der Waals surface area (Å²) < 4.78 is 27.1. The lowest BCUT2D eigenvalue weighted by molar-refractivity contribution is 0.520. The van der Waals surface area contributed by atoms with Gasteiger partial charge in [0.1, 0.15) is 0 Å². The molecule has 8 heteroatoms. The molecule has 2 heterocycles. The lowest BCUT2D eigenvalue weighted by atomic mass is 10.5. The lowest BCUT2D eigenvalue weighted by Gasteiger charge is -2.11. The Hall–Kier alpha value is -1.12. The third-order valence-corrected chi connectivity index (χ3v) is 5.22. The zero-order chi connectivity index (χ0) is 14.2. The Morgan fingerprint density at radius 3 is 2.53 bits per heavy atom. The zero-order valence-electron chi connectivity index (χ0n) is 11.2. The van der Waals surface area contributed by atoms with Crippen molar-refractivity contribution < 1.29 is 8.42 Å². The highest BCUT2D eigenvalue weighted by molar-refractivity contribution is 7.99. The first-order valence-corrected chi connectivity index (χ1v) is 8.08. The Bertz CT molecular complexity index is 692. The van der Waals surface area contributed by atoms with Crippen LogP contribution in [0.5, 0.6) is 0 Å². The first kappa shape index (κ1) is 14.3.